The van der Waals surface area contributed by atoms with E-state index < -0.39 is 46.8 Å². The molecule has 3 heterocycles. The summed E-state index contributed by atoms with van der Waals surface area (Å²) >= 11 is 0. The number of benzene rings is 1. The first-order valence-electron chi connectivity index (χ1n) is 13.8. The van der Waals surface area contributed by atoms with Gasteiger partial charge in [-0.25, -0.2) is 9.59 Å². The Bertz CT molecular complexity index is 1190. The van der Waals surface area contributed by atoms with E-state index in [4.69, 9.17) is 18.9 Å². The van der Waals surface area contributed by atoms with Crippen molar-refractivity contribution >= 4 is 11.9 Å². The molecule has 1 aromatic rings. The summed E-state index contributed by atoms with van der Waals surface area (Å²) < 4.78 is 27.8. The summed E-state index contributed by atoms with van der Waals surface area (Å²) in [5.74, 6) is -1.01. The van der Waals surface area contributed by atoms with Crippen molar-refractivity contribution in [2.24, 2.45) is 0 Å². The Labute approximate surface area is 233 Å². The Hall–Kier alpha value is -2.86. The van der Waals surface area contributed by atoms with E-state index in [1.54, 1.807) is 13.8 Å². The van der Waals surface area contributed by atoms with E-state index in [9.17, 15) is 24.9 Å². The lowest BCUT2D eigenvalue weighted by atomic mass is 9.77. The maximum atomic E-state index is 13.8. The van der Waals surface area contributed by atoms with Crippen LogP contribution in [0.1, 0.15) is 63.0 Å². The predicted octanol–water partition coefficient (Wildman–Crippen LogP) is 1.55. The van der Waals surface area contributed by atoms with E-state index in [0.29, 0.717) is 17.3 Å². The van der Waals surface area contributed by atoms with Crippen LogP contribution in [0.2, 0.25) is 0 Å². The SMILES string of the molecule is COC(=O)C(O)C(O)(CCCC(C)(C)O)C(=O)OC1C(OC)=CC23CCCN2CCc2cc4c(cc2C13)OCO4. The lowest BCUT2D eigenvalue weighted by Crippen LogP contribution is -2.56. The maximum absolute atomic E-state index is 13.8. The standard InChI is InChI=1S/C29H39NO10/c1-27(2,34)8-5-10-29(35,24(31)25(32)37-4)26(33)40-23-21(36-3)15-28-9-6-11-30(28)12-7-17-13-19-20(39-16-38-19)14-18(17)22(23)28/h13-15,22-24,31,34-35H,5-12,16H2,1-4H3. The number of aliphatic hydroxyl groups is 3. The van der Waals surface area contributed by atoms with Crippen LogP contribution in [0.4, 0.5) is 0 Å². The van der Waals surface area contributed by atoms with Gasteiger partial charge in [0.2, 0.25) is 6.79 Å². The summed E-state index contributed by atoms with van der Waals surface area (Å²) in [6.07, 6.45) is 1.44. The highest BCUT2D eigenvalue weighted by Crippen LogP contribution is 2.55. The van der Waals surface area contributed by atoms with Crippen LogP contribution in [0.3, 0.4) is 0 Å². The van der Waals surface area contributed by atoms with E-state index in [0.717, 1.165) is 50.6 Å². The van der Waals surface area contributed by atoms with Gasteiger partial charge in [0, 0.05) is 6.54 Å². The Morgan fingerprint density at radius 3 is 2.55 bits per heavy atom. The number of ether oxygens (including phenoxy) is 5. The smallest absolute Gasteiger partial charge is 0.342 e. The molecule has 3 N–H and O–H groups in total. The fourth-order valence-corrected chi connectivity index (χ4v) is 6.76. The normalized spacial score (nSPS) is 27.4. The molecule has 11 heteroatoms. The van der Waals surface area contributed by atoms with Gasteiger partial charge in [-0.2, -0.15) is 0 Å². The molecule has 5 rings (SSSR count). The van der Waals surface area contributed by atoms with Crippen LogP contribution < -0.4 is 9.47 Å². The quantitative estimate of drug-likeness (QED) is 0.378. The molecule has 1 spiro atoms. The molecule has 1 aliphatic carbocycles. The first-order valence-corrected chi connectivity index (χ1v) is 13.8. The van der Waals surface area contributed by atoms with Crippen LogP contribution in [0.25, 0.3) is 0 Å². The third-order valence-electron chi connectivity index (χ3n) is 8.77. The second-order valence-electron chi connectivity index (χ2n) is 11.8. The zero-order chi connectivity index (χ0) is 28.9. The highest BCUT2D eigenvalue weighted by Gasteiger charge is 2.59. The largest absolute Gasteiger partial charge is 0.497 e. The first kappa shape index (κ1) is 28.7. The van der Waals surface area contributed by atoms with Crippen molar-refractivity contribution in [2.45, 2.75) is 87.2 Å². The fourth-order valence-electron chi connectivity index (χ4n) is 6.76. The highest BCUT2D eigenvalue weighted by atomic mass is 16.7. The molecular weight excluding hydrogens is 522 g/mol. The first-order chi connectivity index (χ1) is 18.9. The van der Waals surface area contributed by atoms with E-state index in [2.05, 4.69) is 9.64 Å². The molecule has 1 aromatic carbocycles. The topological polar surface area (TPSA) is 144 Å². The highest BCUT2D eigenvalue weighted by molar-refractivity contribution is 5.89. The number of hydrogen-bond acceptors (Lipinski definition) is 11. The van der Waals surface area contributed by atoms with Crippen molar-refractivity contribution in [3.63, 3.8) is 0 Å². The van der Waals surface area contributed by atoms with Gasteiger partial charge in [0.15, 0.2) is 29.3 Å². The number of carbonyl (C=O) groups is 2. The molecule has 1 saturated heterocycles. The molecule has 0 aromatic heterocycles. The Balaban J connectivity index is 1.53. The van der Waals surface area contributed by atoms with Crippen LogP contribution in [-0.2, 0) is 30.2 Å². The summed E-state index contributed by atoms with van der Waals surface area (Å²) in [6.45, 7) is 4.98. The van der Waals surface area contributed by atoms with E-state index in [-0.39, 0.29) is 26.1 Å². The Kier molecular flexibility index (Phi) is 7.54. The average Bonchev–Trinajstić information content (AvgIpc) is 3.60. The molecule has 5 atom stereocenters. The van der Waals surface area contributed by atoms with Gasteiger partial charge in [-0.3, -0.25) is 4.90 Å². The summed E-state index contributed by atoms with van der Waals surface area (Å²) in [4.78, 5) is 28.5. The molecule has 3 aliphatic heterocycles. The van der Waals surface area contributed by atoms with Crippen molar-refractivity contribution in [3.8, 4) is 11.5 Å². The molecule has 4 aliphatic rings. The van der Waals surface area contributed by atoms with Gasteiger partial charge in [-0.15, -0.1) is 0 Å². The number of esters is 2. The molecule has 220 valence electrons. The van der Waals surface area contributed by atoms with Gasteiger partial charge in [-0.1, -0.05) is 0 Å². The van der Waals surface area contributed by atoms with E-state index >= 15 is 0 Å². The average molecular weight is 562 g/mol. The third kappa shape index (κ3) is 4.82. The monoisotopic (exact) mass is 561 g/mol. The number of hydrogen-bond donors (Lipinski definition) is 3. The second-order valence-corrected chi connectivity index (χ2v) is 11.8. The van der Waals surface area contributed by atoms with Crippen molar-refractivity contribution in [3.05, 3.63) is 35.1 Å². The lowest BCUT2D eigenvalue weighted by molar-refractivity contribution is -0.195. The molecule has 1 fully saturated rings. The van der Waals surface area contributed by atoms with Gasteiger partial charge in [0.25, 0.3) is 0 Å². The number of rotatable bonds is 9. The second kappa shape index (κ2) is 10.5. The zero-order valence-corrected chi connectivity index (χ0v) is 23.5. The molecule has 0 bridgehead atoms. The Morgan fingerprint density at radius 1 is 1.15 bits per heavy atom. The van der Waals surface area contributed by atoms with Crippen molar-refractivity contribution in [1.29, 1.82) is 0 Å². The number of nitrogens with zero attached hydrogens (tertiary/aromatic N) is 1. The minimum atomic E-state index is -2.61. The zero-order valence-electron chi connectivity index (χ0n) is 23.5. The van der Waals surface area contributed by atoms with Crippen molar-refractivity contribution in [2.75, 3.05) is 34.1 Å². The lowest BCUT2D eigenvalue weighted by Gasteiger charge is -2.40. The number of fused-ring (bicyclic) bond motifs is 3. The summed E-state index contributed by atoms with van der Waals surface area (Å²) in [6, 6.07) is 3.92. The van der Waals surface area contributed by atoms with Gasteiger partial charge < -0.3 is 39.0 Å². The molecular formula is C29H39NO10. The van der Waals surface area contributed by atoms with Crippen LogP contribution >= 0.6 is 0 Å². The number of carbonyl (C=O) groups excluding carboxylic acids is 2. The summed E-state index contributed by atoms with van der Waals surface area (Å²) in [7, 11) is 2.56. The Morgan fingerprint density at radius 2 is 1.88 bits per heavy atom. The van der Waals surface area contributed by atoms with Gasteiger partial charge in [-0.05, 0) is 88.3 Å². The maximum Gasteiger partial charge on any atom is 0.342 e. The van der Waals surface area contributed by atoms with Crippen molar-refractivity contribution < 1.29 is 48.6 Å². The van der Waals surface area contributed by atoms with Crippen molar-refractivity contribution in [1.82, 2.24) is 4.90 Å². The number of methoxy groups -OCH3 is 2. The van der Waals surface area contributed by atoms with Crippen LogP contribution in [0.15, 0.2) is 24.0 Å². The minimum absolute atomic E-state index is 0.128. The van der Waals surface area contributed by atoms with Crippen LogP contribution in [-0.4, -0.2) is 95.2 Å². The van der Waals surface area contributed by atoms with Gasteiger partial charge in [0.05, 0.1) is 31.3 Å². The minimum Gasteiger partial charge on any atom is -0.497 e. The fraction of sp³-hybridized carbons (Fsp3) is 0.655. The van der Waals surface area contributed by atoms with Gasteiger partial charge in [0.1, 0.15) is 5.76 Å². The van der Waals surface area contributed by atoms with Gasteiger partial charge >= 0.3 is 11.9 Å². The molecule has 0 radical (unpaired) electrons. The summed E-state index contributed by atoms with van der Waals surface area (Å²) in [5.41, 5.74) is -2.19. The summed E-state index contributed by atoms with van der Waals surface area (Å²) in [5, 5.41) is 32.4. The van der Waals surface area contributed by atoms with Crippen LogP contribution in [0, 0.1) is 0 Å². The molecule has 11 nitrogen and oxygen atoms in total. The predicted molar refractivity (Wildman–Crippen MR) is 141 cm³/mol. The van der Waals surface area contributed by atoms with E-state index in [1.807, 2.05) is 18.2 Å². The molecule has 0 amide bonds. The number of aliphatic hydroxyl groups excluding tert-OH is 1. The third-order valence-corrected chi connectivity index (χ3v) is 8.77. The van der Waals surface area contributed by atoms with E-state index in [1.165, 1.54) is 7.11 Å². The molecule has 40 heavy (non-hydrogen) atoms. The molecule has 0 saturated carbocycles. The molecule has 5 unspecified atom stereocenters. The van der Waals surface area contributed by atoms with Crippen LogP contribution in [0.5, 0.6) is 11.5 Å².